The Morgan fingerprint density at radius 3 is 2.25 bits per heavy atom. The van der Waals surface area contributed by atoms with Crippen molar-refractivity contribution in [2.75, 3.05) is 18.0 Å². The number of aromatic hydroxyl groups is 1. The number of anilines is 1. The van der Waals surface area contributed by atoms with Gasteiger partial charge in [0, 0.05) is 45.0 Å². The second kappa shape index (κ2) is 11.3. The molecule has 0 aliphatic carbocycles. The normalized spacial score (nSPS) is 15.0. The van der Waals surface area contributed by atoms with Gasteiger partial charge in [-0.25, -0.2) is 9.78 Å². The van der Waals surface area contributed by atoms with Crippen LogP contribution in [0.1, 0.15) is 24.0 Å². The van der Waals surface area contributed by atoms with E-state index in [1.165, 1.54) is 6.07 Å². The fourth-order valence-corrected chi connectivity index (χ4v) is 4.82. The van der Waals surface area contributed by atoms with Crippen LogP contribution in [0.3, 0.4) is 0 Å². The minimum absolute atomic E-state index is 0.113. The van der Waals surface area contributed by atoms with E-state index in [9.17, 15) is 23.1 Å². The van der Waals surface area contributed by atoms with Gasteiger partial charge in [0.05, 0.1) is 10.9 Å². The summed E-state index contributed by atoms with van der Waals surface area (Å²) in [5.41, 5.74) is 1.28. The van der Waals surface area contributed by atoms with Crippen molar-refractivity contribution in [2.24, 2.45) is 0 Å². The molecule has 0 radical (unpaired) electrons. The lowest BCUT2D eigenvalue weighted by atomic mass is 9.85. The summed E-state index contributed by atoms with van der Waals surface area (Å²) in [5, 5.41) is 13.5. The van der Waals surface area contributed by atoms with E-state index in [2.05, 4.69) is 20.0 Å². The molecule has 40 heavy (non-hydrogen) atoms. The van der Waals surface area contributed by atoms with Gasteiger partial charge in [-0.15, -0.1) is 13.2 Å². The highest BCUT2D eigenvalue weighted by Crippen LogP contribution is 2.34. The van der Waals surface area contributed by atoms with Crippen LogP contribution in [-0.4, -0.2) is 46.2 Å². The number of carbonyl (C=O) groups is 1. The second-order valence-corrected chi connectivity index (χ2v) is 9.64. The lowest BCUT2D eigenvalue weighted by Crippen LogP contribution is -2.50. The van der Waals surface area contributed by atoms with Gasteiger partial charge in [-0.3, -0.25) is 0 Å². The summed E-state index contributed by atoms with van der Waals surface area (Å²) in [4.78, 5) is 23.2. The number of nitrogens with zero attached hydrogens (tertiary/aromatic N) is 3. The van der Waals surface area contributed by atoms with Gasteiger partial charge in [0.15, 0.2) is 0 Å². The summed E-state index contributed by atoms with van der Waals surface area (Å²) in [6.07, 6.45) is -3.99. The van der Waals surface area contributed by atoms with Crippen molar-refractivity contribution in [3.63, 3.8) is 0 Å². The molecule has 1 amide bonds. The van der Waals surface area contributed by atoms with Gasteiger partial charge < -0.3 is 24.8 Å². The number of alkyl halides is 3. The third kappa shape index (κ3) is 6.71. The number of benzene rings is 3. The highest BCUT2D eigenvalue weighted by molar-refractivity contribution is 5.85. The molecule has 208 valence electrons. The van der Waals surface area contributed by atoms with Crippen molar-refractivity contribution in [1.82, 2.24) is 15.3 Å². The van der Waals surface area contributed by atoms with Gasteiger partial charge in [-0.1, -0.05) is 60.7 Å². The summed E-state index contributed by atoms with van der Waals surface area (Å²) in [7, 11) is 0. The lowest BCUT2D eigenvalue weighted by molar-refractivity contribution is -0.274. The number of carbonyl (C=O) groups excluding carboxylic acids is 1. The van der Waals surface area contributed by atoms with Crippen molar-refractivity contribution in [3.05, 3.63) is 90.0 Å². The Kier molecular flexibility index (Phi) is 7.63. The molecule has 1 fully saturated rings. The molecule has 1 aromatic heterocycles. The molecule has 2 N–H and O–H groups in total. The standard InChI is InChI=1S/C29H27F3N4O4/c30-29(31,32)39-22-11-12-23-24(17-22)34-26(35-25(23)37)36-15-13-28(14-16-36,18-20-7-3-1-4-8-20)40-27(38)33-19-21-9-5-2-6-10-21/h1-12,17H,13-16,18-19H2,(H,33,38)(H,34,35,37). The molecule has 1 saturated heterocycles. The first-order valence-electron chi connectivity index (χ1n) is 12.7. The number of hydrogen-bond donors (Lipinski definition) is 2. The number of piperidine rings is 1. The van der Waals surface area contributed by atoms with Crippen LogP contribution in [0.5, 0.6) is 11.6 Å². The summed E-state index contributed by atoms with van der Waals surface area (Å²) in [6, 6.07) is 22.7. The zero-order chi connectivity index (χ0) is 28.2. The number of fused-ring (bicyclic) bond motifs is 1. The molecular formula is C29H27F3N4O4. The molecule has 0 spiro atoms. The molecule has 1 aliphatic heterocycles. The minimum Gasteiger partial charge on any atom is -0.493 e. The Hall–Kier alpha value is -4.54. The van der Waals surface area contributed by atoms with Crippen LogP contribution in [-0.2, 0) is 17.7 Å². The van der Waals surface area contributed by atoms with Crippen LogP contribution < -0.4 is 15.0 Å². The number of nitrogens with one attached hydrogen (secondary N) is 1. The maximum Gasteiger partial charge on any atom is 0.573 e. The number of rotatable bonds is 7. The van der Waals surface area contributed by atoms with Gasteiger partial charge in [0.2, 0.25) is 11.8 Å². The molecule has 5 rings (SSSR count). The van der Waals surface area contributed by atoms with Crippen LogP contribution in [0.4, 0.5) is 23.9 Å². The second-order valence-electron chi connectivity index (χ2n) is 9.64. The third-order valence-electron chi connectivity index (χ3n) is 6.79. The minimum atomic E-state index is -4.85. The molecule has 3 aromatic carbocycles. The average molecular weight is 553 g/mol. The van der Waals surface area contributed by atoms with E-state index in [-0.39, 0.29) is 22.7 Å². The quantitative estimate of drug-likeness (QED) is 0.302. The van der Waals surface area contributed by atoms with E-state index in [4.69, 9.17) is 4.74 Å². The molecule has 0 atom stereocenters. The molecule has 8 nitrogen and oxygen atoms in total. The highest BCUT2D eigenvalue weighted by atomic mass is 19.4. The molecule has 1 aliphatic rings. The van der Waals surface area contributed by atoms with E-state index in [0.717, 1.165) is 23.3 Å². The fourth-order valence-electron chi connectivity index (χ4n) is 4.82. The van der Waals surface area contributed by atoms with E-state index in [1.807, 2.05) is 65.6 Å². The lowest BCUT2D eigenvalue weighted by Gasteiger charge is -2.41. The first-order chi connectivity index (χ1) is 19.2. The largest absolute Gasteiger partial charge is 0.573 e. The zero-order valence-electron chi connectivity index (χ0n) is 21.4. The average Bonchev–Trinajstić information content (AvgIpc) is 2.92. The molecule has 0 bridgehead atoms. The van der Waals surface area contributed by atoms with Crippen molar-refractivity contribution in [1.29, 1.82) is 0 Å². The van der Waals surface area contributed by atoms with Gasteiger partial charge in [0.25, 0.3) is 0 Å². The number of halogens is 3. The summed E-state index contributed by atoms with van der Waals surface area (Å²) in [5.74, 6) is -0.633. The third-order valence-corrected chi connectivity index (χ3v) is 6.79. The van der Waals surface area contributed by atoms with Crippen LogP contribution in [0.25, 0.3) is 10.9 Å². The monoisotopic (exact) mass is 552 g/mol. The predicted octanol–water partition coefficient (Wildman–Crippen LogP) is 5.74. The topological polar surface area (TPSA) is 96.8 Å². The zero-order valence-corrected chi connectivity index (χ0v) is 21.4. The molecule has 2 heterocycles. The smallest absolute Gasteiger partial charge is 0.493 e. The summed E-state index contributed by atoms with van der Waals surface area (Å²) < 4.78 is 48.1. The van der Waals surface area contributed by atoms with Gasteiger partial charge in [-0.2, -0.15) is 4.98 Å². The first-order valence-corrected chi connectivity index (χ1v) is 12.7. The van der Waals surface area contributed by atoms with Gasteiger partial charge >= 0.3 is 12.5 Å². The Balaban J connectivity index is 1.32. The molecule has 4 aromatic rings. The van der Waals surface area contributed by atoms with Gasteiger partial charge in [0.1, 0.15) is 11.4 Å². The number of hydrogen-bond acceptors (Lipinski definition) is 7. The van der Waals surface area contributed by atoms with E-state index >= 15 is 0 Å². The SMILES string of the molecule is O=C(NCc1ccccc1)OC1(Cc2ccccc2)CCN(c2nc(O)c3ccc(OC(F)(F)F)cc3n2)CC1. The Bertz CT molecular complexity index is 1460. The highest BCUT2D eigenvalue weighted by Gasteiger charge is 2.39. The Morgan fingerprint density at radius 2 is 1.60 bits per heavy atom. The van der Waals surface area contributed by atoms with Crippen LogP contribution >= 0.6 is 0 Å². The van der Waals surface area contributed by atoms with Crippen molar-refractivity contribution < 1.29 is 32.5 Å². The molecule has 0 unspecified atom stereocenters. The van der Waals surface area contributed by atoms with Crippen LogP contribution in [0.2, 0.25) is 0 Å². The number of amides is 1. The number of alkyl carbamates (subject to hydrolysis) is 1. The summed E-state index contributed by atoms with van der Waals surface area (Å²) >= 11 is 0. The van der Waals surface area contributed by atoms with Crippen LogP contribution in [0, 0.1) is 0 Å². The predicted molar refractivity (Wildman–Crippen MR) is 142 cm³/mol. The molecule has 11 heteroatoms. The number of aromatic nitrogens is 2. The Morgan fingerprint density at radius 1 is 0.950 bits per heavy atom. The van der Waals surface area contributed by atoms with Crippen molar-refractivity contribution in [2.45, 2.75) is 37.8 Å². The van der Waals surface area contributed by atoms with Crippen LogP contribution in [0.15, 0.2) is 78.9 Å². The molecule has 0 saturated carbocycles. The van der Waals surface area contributed by atoms with Crippen molar-refractivity contribution >= 4 is 22.9 Å². The van der Waals surface area contributed by atoms with E-state index < -0.39 is 23.8 Å². The number of ether oxygens (including phenoxy) is 2. The van der Waals surface area contributed by atoms with E-state index in [1.54, 1.807) is 0 Å². The Labute approximate surface area is 228 Å². The van der Waals surface area contributed by atoms with Gasteiger partial charge in [-0.05, 0) is 23.3 Å². The van der Waals surface area contributed by atoms with Crippen molar-refractivity contribution in [3.8, 4) is 11.6 Å². The van der Waals surface area contributed by atoms with E-state index in [0.29, 0.717) is 38.9 Å². The maximum atomic E-state index is 12.9. The summed E-state index contributed by atoms with van der Waals surface area (Å²) in [6.45, 7) is 1.11. The fraction of sp³-hybridized carbons (Fsp3) is 0.276. The molecular weight excluding hydrogens is 525 g/mol. The first kappa shape index (κ1) is 27.0. The maximum absolute atomic E-state index is 12.9.